The highest BCUT2D eigenvalue weighted by atomic mass is 35.5. The average Bonchev–Trinajstić information content (AvgIpc) is 3.07. The fraction of sp³-hybridized carbons (Fsp3) is 0.167. The van der Waals surface area contributed by atoms with Crippen molar-refractivity contribution in [2.45, 2.75) is 13.8 Å². The normalized spacial score (nSPS) is 11.2. The molecule has 4 rings (SSSR count). The van der Waals surface area contributed by atoms with Crippen molar-refractivity contribution in [1.29, 1.82) is 0 Å². The van der Waals surface area contributed by atoms with Crippen molar-refractivity contribution in [2.75, 3.05) is 6.61 Å². The molecule has 4 aromatic rings. The molecule has 0 N–H and O–H groups in total. The van der Waals surface area contributed by atoms with Crippen molar-refractivity contribution in [3.63, 3.8) is 0 Å². The number of hydrogen-bond donors (Lipinski definition) is 0. The lowest BCUT2D eigenvalue weighted by molar-refractivity contribution is 0.0528. The molecule has 136 valence electrons. The SMILES string of the molecule is CCOC(=O)c1cnn2c1nnc1c(=O)n(-c3ccc(C)cc3Cl)ccc12. The lowest BCUT2D eigenvalue weighted by Crippen LogP contribution is -2.20. The third-order valence-corrected chi connectivity index (χ3v) is 4.42. The first-order valence-electron chi connectivity index (χ1n) is 8.20. The summed E-state index contributed by atoms with van der Waals surface area (Å²) < 4.78 is 7.79. The Morgan fingerprint density at radius 2 is 2.07 bits per heavy atom. The summed E-state index contributed by atoms with van der Waals surface area (Å²) in [6.45, 7) is 3.86. The molecule has 1 aromatic carbocycles. The second-order valence-corrected chi connectivity index (χ2v) is 6.30. The molecule has 0 unspecified atom stereocenters. The molecule has 0 spiro atoms. The third kappa shape index (κ3) is 2.74. The quantitative estimate of drug-likeness (QED) is 0.505. The molecule has 0 amide bonds. The predicted octanol–water partition coefficient (Wildman–Crippen LogP) is 2.57. The molecule has 0 fully saturated rings. The molecule has 0 aliphatic carbocycles. The molecule has 3 aromatic heterocycles. The highest BCUT2D eigenvalue weighted by Crippen LogP contribution is 2.21. The minimum Gasteiger partial charge on any atom is -0.462 e. The second kappa shape index (κ2) is 6.48. The summed E-state index contributed by atoms with van der Waals surface area (Å²) in [5.41, 5.74) is 2.11. The van der Waals surface area contributed by atoms with Crippen LogP contribution < -0.4 is 5.56 Å². The summed E-state index contributed by atoms with van der Waals surface area (Å²) in [5.74, 6) is -0.541. The van der Waals surface area contributed by atoms with Gasteiger partial charge in [0.2, 0.25) is 0 Å². The van der Waals surface area contributed by atoms with Crippen molar-refractivity contribution in [2.24, 2.45) is 0 Å². The molecule has 3 heterocycles. The number of aryl methyl sites for hydroxylation is 1. The van der Waals surface area contributed by atoms with Crippen molar-refractivity contribution in [1.82, 2.24) is 24.4 Å². The number of pyridine rings is 1. The number of halogens is 1. The van der Waals surface area contributed by atoms with Crippen LogP contribution in [0.3, 0.4) is 0 Å². The maximum Gasteiger partial charge on any atom is 0.343 e. The largest absolute Gasteiger partial charge is 0.462 e. The van der Waals surface area contributed by atoms with Crippen LogP contribution in [-0.4, -0.2) is 37.0 Å². The van der Waals surface area contributed by atoms with E-state index in [2.05, 4.69) is 15.3 Å². The van der Waals surface area contributed by atoms with E-state index in [0.717, 1.165) is 5.56 Å². The first kappa shape index (κ1) is 17.2. The molecule has 0 bridgehead atoms. The van der Waals surface area contributed by atoms with Crippen LogP contribution in [0.25, 0.3) is 22.4 Å². The van der Waals surface area contributed by atoms with Crippen LogP contribution in [0.15, 0.2) is 41.5 Å². The molecular weight excluding hydrogens is 370 g/mol. The van der Waals surface area contributed by atoms with Gasteiger partial charge in [0.05, 0.1) is 23.5 Å². The van der Waals surface area contributed by atoms with Gasteiger partial charge in [-0.05, 0) is 37.6 Å². The fourth-order valence-electron chi connectivity index (χ4n) is 2.84. The van der Waals surface area contributed by atoms with Gasteiger partial charge in [-0.2, -0.15) is 5.10 Å². The van der Waals surface area contributed by atoms with Crippen LogP contribution in [0.1, 0.15) is 22.8 Å². The Hall–Kier alpha value is -3.26. The number of carbonyl (C=O) groups excluding carboxylic acids is 1. The first-order valence-corrected chi connectivity index (χ1v) is 8.58. The lowest BCUT2D eigenvalue weighted by Gasteiger charge is -2.09. The number of benzene rings is 1. The minimum absolute atomic E-state index is 0.111. The van der Waals surface area contributed by atoms with Gasteiger partial charge in [0.25, 0.3) is 5.56 Å². The van der Waals surface area contributed by atoms with Gasteiger partial charge in [0, 0.05) is 6.20 Å². The third-order valence-electron chi connectivity index (χ3n) is 4.12. The first-order chi connectivity index (χ1) is 13.0. The van der Waals surface area contributed by atoms with Gasteiger partial charge in [0.15, 0.2) is 11.2 Å². The summed E-state index contributed by atoms with van der Waals surface area (Å²) in [4.78, 5) is 24.9. The van der Waals surface area contributed by atoms with E-state index >= 15 is 0 Å². The maximum absolute atomic E-state index is 12.9. The molecule has 0 aliphatic heterocycles. The van der Waals surface area contributed by atoms with E-state index in [4.69, 9.17) is 16.3 Å². The summed E-state index contributed by atoms with van der Waals surface area (Å²) >= 11 is 6.29. The van der Waals surface area contributed by atoms with E-state index in [-0.39, 0.29) is 28.9 Å². The number of fused-ring (bicyclic) bond motifs is 3. The number of ether oxygens (including phenoxy) is 1. The zero-order chi connectivity index (χ0) is 19.1. The number of hydrogen-bond acceptors (Lipinski definition) is 6. The van der Waals surface area contributed by atoms with Crippen LogP contribution in [0.4, 0.5) is 0 Å². The average molecular weight is 384 g/mol. The molecule has 0 aliphatic rings. The van der Waals surface area contributed by atoms with E-state index in [9.17, 15) is 9.59 Å². The number of rotatable bonds is 3. The van der Waals surface area contributed by atoms with Gasteiger partial charge in [-0.3, -0.25) is 9.36 Å². The van der Waals surface area contributed by atoms with Crippen molar-refractivity contribution in [3.8, 4) is 5.69 Å². The Morgan fingerprint density at radius 1 is 1.26 bits per heavy atom. The monoisotopic (exact) mass is 383 g/mol. The van der Waals surface area contributed by atoms with Crippen molar-refractivity contribution in [3.05, 3.63) is 63.2 Å². The van der Waals surface area contributed by atoms with E-state index in [1.807, 2.05) is 13.0 Å². The Kier molecular flexibility index (Phi) is 4.12. The van der Waals surface area contributed by atoms with Gasteiger partial charge in [0.1, 0.15) is 11.1 Å². The Labute approximate surface area is 158 Å². The topological polar surface area (TPSA) is 91.4 Å². The molecule has 9 heteroatoms. The number of esters is 1. The molecule has 0 atom stereocenters. The van der Waals surface area contributed by atoms with E-state index in [1.54, 1.807) is 31.3 Å². The Balaban J connectivity index is 1.93. The molecule has 8 nitrogen and oxygen atoms in total. The van der Waals surface area contributed by atoms with E-state index < -0.39 is 5.97 Å². The smallest absolute Gasteiger partial charge is 0.343 e. The molecule has 0 radical (unpaired) electrons. The van der Waals surface area contributed by atoms with E-state index in [1.165, 1.54) is 15.3 Å². The summed E-state index contributed by atoms with van der Waals surface area (Å²) in [5, 5.41) is 12.6. The fourth-order valence-corrected chi connectivity index (χ4v) is 3.17. The highest BCUT2D eigenvalue weighted by Gasteiger charge is 2.19. The van der Waals surface area contributed by atoms with Gasteiger partial charge in [-0.15, -0.1) is 10.2 Å². The Bertz CT molecular complexity index is 1260. The summed E-state index contributed by atoms with van der Waals surface area (Å²) in [6.07, 6.45) is 2.94. The summed E-state index contributed by atoms with van der Waals surface area (Å²) in [6, 6.07) is 7.09. The van der Waals surface area contributed by atoms with Crippen LogP contribution in [0, 0.1) is 6.92 Å². The minimum atomic E-state index is -0.541. The summed E-state index contributed by atoms with van der Waals surface area (Å²) in [7, 11) is 0. The number of aromatic nitrogens is 5. The number of nitrogens with zero attached hydrogens (tertiary/aromatic N) is 5. The molecule has 0 saturated carbocycles. The molecule has 27 heavy (non-hydrogen) atoms. The predicted molar refractivity (Wildman–Crippen MR) is 99.6 cm³/mol. The van der Waals surface area contributed by atoms with Gasteiger partial charge >= 0.3 is 5.97 Å². The van der Waals surface area contributed by atoms with Crippen molar-refractivity contribution >= 4 is 34.3 Å². The zero-order valence-electron chi connectivity index (χ0n) is 14.5. The van der Waals surface area contributed by atoms with Crippen LogP contribution in [-0.2, 0) is 4.74 Å². The number of carbonyl (C=O) groups is 1. The molecule has 0 saturated heterocycles. The highest BCUT2D eigenvalue weighted by molar-refractivity contribution is 6.32. The van der Waals surface area contributed by atoms with Gasteiger partial charge in [-0.25, -0.2) is 9.31 Å². The van der Waals surface area contributed by atoms with Crippen LogP contribution in [0.5, 0.6) is 0 Å². The lowest BCUT2D eigenvalue weighted by atomic mass is 10.2. The molecular formula is C18H14ClN5O3. The van der Waals surface area contributed by atoms with Crippen molar-refractivity contribution < 1.29 is 9.53 Å². The van der Waals surface area contributed by atoms with Crippen LogP contribution in [0.2, 0.25) is 5.02 Å². The zero-order valence-corrected chi connectivity index (χ0v) is 15.3. The van der Waals surface area contributed by atoms with Gasteiger partial charge < -0.3 is 4.74 Å². The maximum atomic E-state index is 12.9. The standard InChI is InChI=1S/C18H14ClN5O3/c1-3-27-18(26)11-9-20-24-14-6-7-23(13-5-4-10(2)8-12(13)19)17(25)15(14)21-22-16(11)24/h4-9H,3H2,1-2H3. The van der Waals surface area contributed by atoms with Gasteiger partial charge in [-0.1, -0.05) is 17.7 Å². The van der Waals surface area contributed by atoms with E-state index in [0.29, 0.717) is 16.2 Å². The Morgan fingerprint density at radius 3 is 2.81 bits per heavy atom. The second-order valence-electron chi connectivity index (χ2n) is 5.89. The van der Waals surface area contributed by atoms with Crippen LogP contribution >= 0.6 is 11.6 Å².